The van der Waals surface area contributed by atoms with Gasteiger partial charge in [-0.05, 0) is 212 Å². The molecule has 12 fully saturated rings. The highest BCUT2D eigenvalue weighted by Gasteiger charge is 2.66. The van der Waals surface area contributed by atoms with Crippen LogP contribution in [0.4, 0.5) is 0 Å². The number of rotatable bonds is 15. The van der Waals surface area contributed by atoms with Crippen molar-refractivity contribution in [1.29, 1.82) is 0 Å². The molecular weight excluding hydrogens is 813 g/mol. The average Bonchev–Trinajstić information content (AvgIpc) is 3.94. The van der Waals surface area contributed by atoms with Crippen LogP contribution in [0, 0.1) is 74.9 Å². The standard InChI is InChI=1S/C53H78O11/c1-9-47(4,44(57)62-50(7)12-10-11-13-50)27-49(6,45(58)63-51(8)35-16-30-14-31(18-35)19-36(51)17-30)28-48(5,43(56)61-39-34-20-37-38(21-34)41(54)60-40(37)39)26-46(2,3)42(55)64-53-24-32-15-33(25-53)23-52(59,22-32)29-53/h30-40,59H,9-29H2,1-8H3. The number of aliphatic hydroxyl groups is 1. The van der Waals surface area contributed by atoms with Crippen molar-refractivity contribution in [3.63, 3.8) is 0 Å². The molecule has 11 aliphatic carbocycles. The second-order valence-electron chi connectivity index (χ2n) is 26.4. The third kappa shape index (κ3) is 7.47. The summed E-state index contributed by atoms with van der Waals surface area (Å²) in [7, 11) is 0. The zero-order chi connectivity index (χ0) is 45.6. The van der Waals surface area contributed by atoms with Crippen LogP contribution in [0.15, 0.2) is 0 Å². The summed E-state index contributed by atoms with van der Waals surface area (Å²) in [4.78, 5) is 73.2. The topological polar surface area (TPSA) is 152 Å². The summed E-state index contributed by atoms with van der Waals surface area (Å²) in [5.74, 6) is 0.351. The minimum absolute atomic E-state index is 0.00112. The molecule has 0 amide bonds. The lowest BCUT2D eigenvalue weighted by atomic mass is 9.50. The van der Waals surface area contributed by atoms with Crippen LogP contribution < -0.4 is 0 Å². The Balaban J connectivity index is 0.985. The molecule has 64 heavy (non-hydrogen) atoms. The van der Waals surface area contributed by atoms with E-state index in [1.807, 2.05) is 48.5 Å². The van der Waals surface area contributed by atoms with E-state index < -0.39 is 74.2 Å². The van der Waals surface area contributed by atoms with Gasteiger partial charge >= 0.3 is 29.8 Å². The summed E-state index contributed by atoms with van der Waals surface area (Å²) in [5.41, 5.74) is -7.98. The van der Waals surface area contributed by atoms with Gasteiger partial charge in [-0.15, -0.1) is 0 Å². The summed E-state index contributed by atoms with van der Waals surface area (Å²) < 4.78 is 32.4. The maximum absolute atomic E-state index is 15.6. The van der Waals surface area contributed by atoms with Gasteiger partial charge in [0.2, 0.25) is 0 Å². The fourth-order valence-corrected chi connectivity index (χ4v) is 17.6. The fourth-order valence-electron chi connectivity index (χ4n) is 17.6. The number of fused-ring (bicyclic) bond motifs is 1. The highest BCUT2D eigenvalue weighted by molar-refractivity contribution is 5.85. The van der Waals surface area contributed by atoms with Crippen LogP contribution in [0.3, 0.4) is 0 Å². The summed E-state index contributed by atoms with van der Waals surface area (Å²) >= 11 is 0. The Morgan fingerprint density at radius 1 is 0.672 bits per heavy atom. The van der Waals surface area contributed by atoms with Gasteiger partial charge < -0.3 is 28.8 Å². The van der Waals surface area contributed by atoms with E-state index in [2.05, 4.69) is 6.92 Å². The van der Waals surface area contributed by atoms with E-state index in [4.69, 9.17) is 23.7 Å². The molecule has 356 valence electrons. The predicted molar refractivity (Wildman–Crippen MR) is 235 cm³/mol. The number of carbonyl (C=O) groups is 5. The molecule has 1 aliphatic heterocycles. The van der Waals surface area contributed by atoms with Gasteiger partial charge in [0, 0.05) is 18.3 Å². The van der Waals surface area contributed by atoms with Crippen LogP contribution in [-0.4, -0.2) is 69.6 Å². The lowest BCUT2D eigenvalue weighted by Crippen LogP contribution is -2.61. The van der Waals surface area contributed by atoms with Crippen LogP contribution >= 0.6 is 0 Å². The first kappa shape index (κ1) is 45.1. The summed E-state index contributed by atoms with van der Waals surface area (Å²) in [5, 5.41) is 11.6. The second kappa shape index (κ2) is 14.9. The highest BCUT2D eigenvalue weighted by Crippen LogP contribution is 2.63. The van der Waals surface area contributed by atoms with Gasteiger partial charge in [0.05, 0.1) is 33.2 Å². The van der Waals surface area contributed by atoms with E-state index in [1.54, 1.807) is 0 Å². The smallest absolute Gasteiger partial charge is 0.312 e. The summed E-state index contributed by atoms with van der Waals surface area (Å²) in [6, 6.07) is 0. The SMILES string of the molecule is CCC(C)(CC(C)(CC(C)(CC(C)(C)C(=O)OC12CC3CC(CC(O)(C3)C1)C2)C(=O)OC1C2CC3C(=O)OC1C3C2)C(=O)OC1(C)C2CC3CC(C2)CC1C3)C(=O)OC1(C)CCCC1. The van der Waals surface area contributed by atoms with Gasteiger partial charge in [0.25, 0.3) is 0 Å². The third-order valence-corrected chi connectivity index (χ3v) is 20.2. The van der Waals surface area contributed by atoms with Crippen molar-refractivity contribution in [3.8, 4) is 0 Å². The second-order valence-corrected chi connectivity index (χ2v) is 26.4. The molecule has 12 rings (SSSR count). The molecular formula is C53H78O11. The Kier molecular flexibility index (Phi) is 10.5. The molecule has 11 heteroatoms. The van der Waals surface area contributed by atoms with Crippen molar-refractivity contribution in [2.24, 2.45) is 74.9 Å². The Morgan fingerprint density at radius 2 is 1.23 bits per heavy atom. The molecule has 11 nitrogen and oxygen atoms in total. The van der Waals surface area contributed by atoms with E-state index in [9.17, 15) is 19.5 Å². The van der Waals surface area contributed by atoms with E-state index in [0.717, 1.165) is 89.9 Å². The van der Waals surface area contributed by atoms with Crippen LogP contribution in [0.2, 0.25) is 0 Å². The molecule has 10 atom stereocenters. The predicted octanol–water partition coefficient (Wildman–Crippen LogP) is 9.37. The van der Waals surface area contributed by atoms with Gasteiger partial charge in [-0.3, -0.25) is 24.0 Å². The maximum atomic E-state index is 15.6. The number of esters is 5. The number of hydrogen-bond donors (Lipinski definition) is 1. The summed E-state index contributed by atoms with van der Waals surface area (Å²) in [6.07, 6.45) is 14.1. The zero-order valence-corrected chi connectivity index (χ0v) is 40.2. The molecule has 1 heterocycles. The van der Waals surface area contributed by atoms with Crippen molar-refractivity contribution in [2.75, 3.05) is 0 Å². The Bertz CT molecular complexity index is 1910. The molecule has 0 aromatic carbocycles. The van der Waals surface area contributed by atoms with E-state index in [-0.39, 0.29) is 60.8 Å². The Hall–Kier alpha value is -2.69. The molecule has 11 saturated carbocycles. The van der Waals surface area contributed by atoms with Crippen LogP contribution in [0.1, 0.15) is 190 Å². The first-order chi connectivity index (χ1) is 29.9. The molecule has 1 saturated heterocycles. The monoisotopic (exact) mass is 891 g/mol. The molecule has 0 aromatic rings. The normalized spacial score (nSPS) is 44.5. The number of carbonyl (C=O) groups excluding carboxylic acids is 5. The zero-order valence-electron chi connectivity index (χ0n) is 40.2. The first-order valence-corrected chi connectivity index (χ1v) is 25.7. The molecule has 10 bridgehead atoms. The lowest BCUT2D eigenvalue weighted by molar-refractivity contribution is -0.226. The van der Waals surface area contributed by atoms with Crippen LogP contribution in [0.25, 0.3) is 0 Å². The molecule has 1 N–H and O–H groups in total. The van der Waals surface area contributed by atoms with Crippen molar-refractivity contribution in [2.45, 2.75) is 225 Å². The van der Waals surface area contributed by atoms with Crippen molar-refractivity contribution < 1.29 is 52.8 Å². The maximum Gasteiger partial charge on any atom is 0.312 e. The molecule has 0 radical (unpaired) electrons. The van der Waals surface area contributed by atoms with Gasteiger partial charge in [0.15, 0.2) is 0 Å². The minimum Gasteiger partial charge on any atom is -0.459 e. The Morgan fingerprint density at radius 3 is 1.83 bits per heavy atom. The molecule has 0 aromatic heterocycles. The number of hydrogen-bond acceptors (Lipinski definition) is 11. The van der Waals surface area contributed by atoms with Crippen molar-refractivity contribution >= 4 is 29.8 Å². The van der Waals surface area contributed by atoms with Gasteiger partial charge in [0.1, 0.15) is 29.0 Å². The largest absolute Gasteiger partial charge is 0.459 e. The highest BCUT2D eigenvalue weighted by atomic mass is 16.6. The first-order valence-electron chi connectivity index (χ1n) is 25.7. The molecule has 0 spiro atoms. The van der Waals surface area contributed by atoms with Gasteiger partial charge in [-0.2, -0.15) is 0 Å². The average molecular weight is 891 g/mol. The Labute approximate surface area is 381 Å². The van der Waals surface area contributed by atoms with Crippen molar-refractivity contribution in [3.05, 3.63) is 0 Å². The molecule has 12 aliphatic rings. The fraction of sp³-hybridized carbons (Fsp3) is 0.906. The van der Waals surface area contributed by atoms with Crippen molar-refractivity contribution in [1.82, 2.24) is 0 Å². The molecule has 10 unspecified atom stereocenters. The third-order valence-electron chi connectivity index (χ3n) is 20.2. The van der Waals surface area contributed by atoms with E-state index in [0.29, 0.717) is 42.9 Å². The van der Waals surface area contributed by atoms with Crippen LogP contribution in [0.5, 0.6) is 0 Å². The number of ether oxygens (including phenoxy) is 5. The van der Waals surface area contributed by atoms with E-state index >= 15 is 9.59 Å². The van der Waals surface area contributed by atoms with Gasteiger partial charge in [-0.1, -0.05) is 6.92 Å². The van der Waals surface area contributed by atoms with E-state index in [1.165, 1.54) is 6.42 Å². The van der Waals surface area contributed by atoms with Gasteiger partial charge in [-0.25, -0.2) is 0 Å². The van der Waals surface area contributed by atoms with Crippen LogP contribution in [-0.2, 0) is 47.7 Å². The minimum atomic E-state index is -1.46. The summed E-state index contributed by atoms with van der Waals surface area (Å²) in [6.45, 7) is 15.3. The lowest BCUT2D eigenvalue weighted by Gasteiger charge is -2.59. The quantitative estimate of drug-likeness (QED) is 0.124.